The van der Waals surface area contributed by atoms with E-state index >= 15 is 0 Å². The largest absolute Gasteiger partial charge is 0.309 e. The maximum Gasteiger partial charge on any atom is 0.0742 e. The summed E-state index contributed by atoms with van der Waals surface area (Å²) < 4.78 is 0. The van der Waals surface area contributed by atoms with Crippen LogP contribution in [0.4, 0.5) is 0 Å². The average molecular weight is 305 g/mol. The summed E-state index contributed by atoms with van der Waals surface area (Å²) in [5.41, 5.74) is 0. The number of rotatable bonds is 7. The third-order valence-electron chi connectivity index (χ3n) is 5.69. The van der Waals surface area contributed by atoms with Gasteiger partial charge in [0.25, 0.3) is 0 Å². The molecule has 0 N–H and O–H groups in total. The van der Waals surface area contributed by atoms with E-state index in [-0.39, 0.29) is 5.31 Å². The van der Waals surface area contributed by atoms with Crippen LogP contribution >= 0.6 is 0 Å². The Kier molecular flexibility index (Phi) is 9.79. The lowest BCUT2D eigenvalue weighted by Gasteiger charge is -2.33. The summed E-state index contributed by atoms with van der Waals surface area (Å²) in [6, 6.07) is 0. The second-order valence-electron chi connectivity index (χ2n) is 8.40. The Bertz CT molecular complexity index is 275. The second-order valence-corrected chi connectivity index (χ2v) is 8.40. The van der Waals surface area contributed by atoms with Gasteiger partial charge in [-0.1, -0.05) is 89.8 Å². The van der Waals surface area contributed by atoms with Gasteiger partial charge in [-0.2, -0.15) is 0 Å². The van der Waals surface area contributed by atoms with Crippen LogP contribution in [0.3, 0.4) is 0 Å². The highest BCUT2D eigenvalue weighted by Gasteiger charge is 2.25. The average Bonchev–Trinajstić information content (AvgIpc) is 2.45. The number of unbranched alkanes of at least 4 members (excludes halogenated alkanes) is 2. The monoisotopic (exact) mass is 305 g/mol. The Hall–Kier alpha value is 0.0249. The first-order chi connectivity index (χ1) is 10.4. The Labute approximate surface area is 142 Å². The van der Waals surface area contributed by atoms with Gasteiger partial charge < -0.3 is 4.90 Å². The molecule has 0 saturated heterocycles. The van der Waals surface area contributed by atoms with E-state index in [1.165, 1.54) is 83.6 Å². The van der Waals surface area contributed by atoms with Crippen LogP contribution in [0.15, 0.2) is 0 Å². The lowest BCUT2D eigenvalue weighted by molar-refractivity contribution is 0.212. The Morgan fingerprint density at radius 1 is 0.955 bits per heavy atom. The molecule has 0 aromatic carbocycles. The van der Waals surface area contributed by atoms with Gasteiger partial charge in [-0.25, -0.2) is 0 Å². The molecule has 22 heavy (non-hydrogen) atoms. The molecule has 0 aromatic heterocycles. The van der Waals surface area contributed by atoms with E-state index in [4.69, 9.17) is 7.85 Å². The summed E-state index contributed by atoms with van der Waals surface area (Å²) in [5.74, 6) is 1.89. The van der Waals surface area contributed by atoms with Crippen molar-refractivity contribution < 1.29 is 0 Å². The first-order valence-electron chi connectivity index (χ1n) is 9.88. The van der Waals surface area contributed by atoms with E-state index in [2.05, 4.69) is 32.8 Å². The lowest BCUT2D eigenvalue weighted by atomic mass is 9.63. The van der Waals surface area contributed by atoms with Gasteiger partial charge in [0.05, 0.1) is 7.85 Å². The molecule has 1 aliphatic carbocycles. The fourth-order valence-corrected chi connectivity index (χ4v) is 4.14. The van der Waals surface area contributed by atoms with Crippen LogP contribution in [0, 0.1) is 11.8 Å². The zero-order chi connectivity index (χ0) is 16.4. The van der Waals surface area contributed by atoms with Gasteiger partial charge in [-0.15, -0.1) is 0 Å². The predicted octanol–water partition coefficient (Wildman–Crippen LogP) is 5.84. The Balaban J connectivity index is 2.60. The van der Waals surface area contributed by atoms with Gasteiger partial charge >= 0.3 is 0 Å². The predicted molar refractivity (Wildman–Crippen MR) is 101 cm³/mol. The molecule has 3 unspecified atom stereocenters. The number of nitrogens with zero attached hydrogens (tertiary/aromatic N) is 1. The minimum Gasteiger partial charge on any atom is -0.309 e. The molecule has 0 aromatic rings. The van der Waals surface area contributed by atoms with Crippen molar-refractivity contribution >= 4 is 7.85 Å². The molecule has 128 valence electrons. The molecule has 0 spiro atoms. The van der Waals surface area contributed by atoms with Gasteiger partial charge in [0.1, 0.15) is 0 Å². The molecule has 3 atom stereocenters. The van der Waals surface area contributed by atoms with E-state index in [1.807, 2.05) is 0 Å². The van der Waals surface area contributed by atoms with E-state index in [0.717, 1.165) is 11.8 Å². The van der Waals surface area contributed by atoms with Crippen molar-refractivity contribution in [1.82, 2.24) is 4.90 Å². The van der Waals surface area contributed by atoms with Gasteiger partial charge in [0, 0.05) is 0 Å². The minimum atomic E-state index is 0.0845. The summed E-state index contributed by atoms with van der Waals surface area (Å²) in [4.78, 5) is 2.36. The maximum atomic E-state index is 6.46. The summed E-state index contributed by atoms with van der Waals surface area (Å²) >= 11 is 0. The van der Waals surface area contributed by atoms with Gasteiger partial charge in [0.15, 0.2) is 0 Å². The van der Waals surface area contributed by atoms with Crippen molar-refractivity contribution in [3.05, 3.63) is 0 Å². The van der Waals surface area contributed by atoms with Crippen LogP contribution in [-0.2, 0) is 0 Å². The Morgan fingerprint density at radius 3 is 2.27 bits per heavy atom. The summed E-state index contributed by atoms with van der Waals surface area (Å²) in [6.07, 6.45) is 16.4. The van der Waals surface area contributed by atoms with Crippen LogP contribution in [-0.4, -0.2) is 33.4 Å². The molecule has 1 nitrogen and oxygen atoms in total. The van der Waals surface area contributed by atoms with E-state index in [9.17, 15) is 0 Å². The Morgan fingerprint density at radius 2 is 1.59 bits per heavy atom. The zero-order valence-corrected chi connectivity index (χ0v) is 15.9. The van der Waals surface area contributed by atoms with E-state index < -0.39 is 0 Å². The van der Waals surface area contributed by atoms with E-state index in [1.54, 1.807) is 0 Å². The van der Waals surface area contributed by atoms with Gasteiger partial charge in [0.2, 0.25) is 0 Å². The SMILES string of the molecule is [B]C1(C)CCCCC(CCCCC)C(CCN(C)C)CCC1. The topological polar surface area (TPSA) is 3.24 Å². The van der Waals surface area contributed by atoms with Crippen LogP contribution < -0.4 is 0 Å². The lowest BCUT2D eigenvalue weighted by Crippen LogP contribution is -2.23. The molecular weight excluding hydrogens is 265 g/mol. The molecule has 0 amide bonds. The third kappa shape index (κ3) is 8.60. The zero-order valence-electron chi connectivity index (χ0n) is 15.9. The molecule has 2 radical (unpaired) electrons. The quantitative estimate of drug-likeness (QED) is 0.422. The molecule has 1 aliphatic rings. The highest BCUT2D eigenvalue weighted by Crippen LogP contribution is 2.39. The van der Waals surface area contributed by atoms with Crippen molar-refractivity contribution in [2.75, 3.05) is 20.6 Å². The van der Waals surface area contributed by atoms with Crippen molar-refractivity contribution in [3.63, 3.8) is 0 Å². The first kappa shape index (κ1) is 20.1. The smallest absolute Gasteiger partial charge is 0.0742 e. The number of hydrogen-bond donors (Lipinski definition) is 0. The molecular formula is C20H40BN. The molecule has 1 saturated carbocycles. The molecule has 0 aliphatic heterocycles. The molecule has 0 bridgehead atoms. The molecule has 1 fully saturated rings. The second kappa shape index (κ2) is 10.7. The van der Waals surface area contributed by atoms with Gasteiger partial charge in [-0.3, -0.25) is 0 Å². The standard InChI is InChI=1S/C20H40BN/c1-5-6-7-11-18-12-8-9-15-20(2,21)16-10-13-19(18)14-17-22(3)4/h18-19H,5-17H2,1-4H3. The van der Waals surface area contributed by atoms with Crippen LogP contribution in [0.2, 0.25) is 5.31 Å². The summed E-state index contributed by atoms with van der Waals surface area (Å²) in [5, 5.41) is 0.0845. The van der Waals surface area contributed by atoms with Crippen molar-refractivity contribution in [3.8, 4) is 0 Å². The normalized spacial score (nSPS) is 31.3. The highest BCUT2D eigenvalue weighted by atomic mass is 15.0. The van der Waals surface area contributed by atoms with Crippen LogP contribution in [0.1, 0.15) is 90.9 Å². The third-order valence-corrected chi connectivity index (χ3v) is 5.69. The molecule has 2 heteroatoms. The minimum absolute atomic E-state index is 0.0845. The van der Waals surface area contributed by atoms with E-state index in [0.29, 0.717) is 0 Å². The number of hydrogen-bond acceptors (Lipinski definition) is 1. The van der Waals surface area contributed by atoms with Crippen molar-refractivity contribution in [1.29, 1.82) is 0 Å². The molecule has 0 heterocycles. The summed E-state index contributed by atoms with van der Waals surface area (Å²) in [7, 11) is 10.9. The van der Waals surface area contributed by atoms with Gasteiger partial charge in [-0.05, 0) is 38.9 Å². The van der Waals surface area contributed by atoms with Crippen molar-refractivity contribution in [2.45, 2.75) is 96.2 Å². The fourth-order valence-electron chi connectivity index (χ4n) is 4.14. The first-order valence-corrected chi connectivity index (χ1v) is 9.88. The van der Waals surface area contributed by atoms with Crippen LogP contribution in [0.5, 0.6) is 0 Å². The molecule has 1 rings (SSSR count). The van der Waals surface area contributed by atoms with Crippen LogP contribution in [0.25, 0.3) is 0 Å². The fraction of sp³-hybridized carbons (Fsp3) is 1.00. The van der Waals surface area contributed by atoms with Crippen molar-refractivity contribution in [2.24, 2.45) is 11.8 Å². The summed E-state index contributed by atoms with van der Waals surface area (Å²) in [6.45, 7) is 5.83. The maximum absolute atomic E-state index is 6.46. The highest BCUT2D eigenvalue weighted by molar-refractivity contribution is 6.14.